The molecule has 0 aromatic carbocycles. The zero-order chi connectivity index (χ0) is 11.4. The average molecular weight is 221 g/mol. The van der Waals surface area contributed by atoms with Gasteiger partial charge in [0.05, 0.1) is 30.8 Å². The van der Waals surface area contributed by atoms with Gasteiger partial charge in [-0.05, 0) is 18.6 Å². The topological polar surface area (TPSA) is 51.4 Å². The first kappa shape index (κ1) is 11.4. The van der Waals surface area contributed by atoms with Gasteiger partial charge >= 0.3 is 0 Å². The molecule has 0 unspecified atom stereocenters. The molecule has 1 aliphatic heterocycles. The van der Waals surface area contributed by atoms with Crippen LogP contribution in [0.5, 0.6) is 0 Å². The molecule has 4 heteroatoms. The van der Waals surface area contributed by atoms with Crippen LogP contribution < -0.4 is 10.6 Å². The fourth-order valence-corrected chi connectivity index (χ4v) is 1.83. The van der Waals surface area contributed by atoms with Gasteiger partial charge in [0, 0.05) is 19.1 Å². The minimum Gasteiger partial charge on any atom is -0.378 e. The highest BCUT2D eigenvalue weighted by atomic mass is 16.5. The molecule has 2 rings (SSSR count). The maximum Gasteiger partial charge on any atom is 0.0642 e. The molecule has 0 bridgehead atoms. The van der Waals surface area contributed by atoms with Gasteiger partial charge < -0.3 is 15.4 Å². The van der Waals surface area contributed by atoms with E-state index in [2.05, 4.69) is 22.9 Å². The first-order valence-corrected chi connectivity index (χ1v) is 5.85. The van der Waals surface area contributed by atoms with E-state index in [0.29, 0.717) is 0 Å². The zero-order valence-corrected chi connectivity index (χ0v) is 9.72. The van der Waals surface area contributed by atoms with Crippen molar-refractivity contribution in [2.75, 3.05) is 31.2 Å². The Kier molecular flexibility index (Phi) is 3.74. The summed E-state index contributed by atoms with van der Waals surface area (Å²) in [6.07, 6.45) is 2.83. The molecule has 0 aliphatic carbocycles. The van der Waals surface area contributed by atoms with Crippen LogP contribution in [-0.2, 0) is 4.74 Å². The number of morpholine rings is 1. The maximum absolute atomic E-state index is 5.93. The van der Waals surface area contributed by atoms with Crippen LogP contribution in [-0.4, -0.2) is 31.3 Å². The van der Waals surface area contributed by atoms with Gasteiger partial charge in [-0.15, -0.1) is 0 Å². The molecule has 0 radical (unpaired) electrons. The standard InChI is InChI=1S/C12H19N3O/c1-2-11(13)12-4-3-10(9-14-12)15-5-7-16-8-6-15/h3-4,9,11H,2,5-8,13H2,1H3/t11-/m1/s1. The van der Waals surface area contributed by atoms with Crippen LogP contribution in [0, 0.1) is 0 Å². The molecule has 1 atom stereocenters. The van der Waals surface area contributed by atoms with Crippen LogP contribution in [0.1, 0.15) is 25.1 Å². The zero-order valence-electron chi connectivity index (χ0n) is 9.72. The molecule has 1 fully saturated rings. The second kappa shape index (κ2) is 5.27. The summed E-state index contributed by atoms with van der Waals surface area (Å²) in [5.41, 5.74) is 8.06. The summed E-state index contributed by atoms with van der Waals surface area (Å²) in [4.78, 5) is 6.71. The molecule has 0 spiro atoms. The minimum atomic E-state index is 0.0544. The Hall–Kier alpha value is -1.13. The van der Waals surface area contributed by atoms with Gasteiger partial charge in [0.25, 0.3) is 0 Å². The van der Waals surface area contributed by atoms with Crippen molar-refractivity contribution < 1.29 is 4.74 Å². The van der Waals surface area contributed by atoms with Crippen LogP contribution in [0.2, 0.25) is 0 Å². The smallest absolute Gasteiger partial charge is 0.0642 e. The molecule has 0 saturated carbocycles. The van der Waals surface area contributed by atoms with Gasteiger partial charge in [0.1, 0.15) is 0 Å². The first-order valence-electron chi connectivity index (χ1n) is 5.85. The Bertz CT molecular complexity index is 320. The number of anilines is 1. The number of pyridine rings is 1. The molecule has 2 N–H and O–H groups in total. The first-order chi connectivity index (χ1) is 7.81. The van der Waals surface area contributed by atoms with E-state index in [4.69, 9.17) is 10.5 Å². The van der Waals surface area contributed by atoms with Gasteiger partial charge in [-0.1, -0.05) is 6.92 Å². The lowest BCUT2D eigenvalue weighted by atomic mass is 10.1. The monoisotopic (exact) mass is 221 g/mol. The number of nitrogens with two attached hydrogens (primary N) is 1. The van der Waals surface area contributed by atoms with Crippen molar-refractivity contribution in [2.24, 2.45) is 5.73 Å². The number of hydrogen-bond donors (Lipinski definition) is 1. The van der Waals surface area contributed by atoms with Gasteiger partial charge in [0.2, 0.25) is 0 Å². The van der Waals surface area contributed by atoms with Gasteiger partial charge in [0.15, 0.2) is 0 Å². The Labute approximate surface area is 96.4 Å². The van der Waals surface area contributed by atoms with Gasteiger partial charge in [-0.2, -0.15) is 0 Å². The molecule has 4 nitrogen and oxygen atoms in total. The molecule has 2 heterocycles. The van der Waals surface area contributed by atoms with Gasteiger partial charge in [-0.25, -0.2) is 0 Å². The van der Waals surface area contributed by atoms with Crippen LogP contribution in [0.25, 0.3) is 0 Å². The molecule has 1 aliphatic rings. The van der Waals surface area contributed by atoms with Crippen molar-refractivity contribution in [3.8, 4) is 0 Å². The lowest BCUT2D eigenvalue weighted by Crippen LogP contribution is -2.36. The molecule has 88 valence electrons. The van der Waals surface area contributed by atoms with Gasteiger partial charge in [-0.3, -0.25) is 4.98 Å². The molecule has 16 heavy (non-hydrogen) atoms. The molecule has 1 saturated heterocycles. The Balaban J connectivity index is 2.06. The average Bonchev–Trinajstić information content (AvgIpc) is 2.39. The summed E-state index contributed by atoms with van der Waals surface area (Å²) >= 11 is 0. The second-order valence-corrected chi connectivity index (χ2v) is 4.06. The van der Waals surface area contributed by atoms with Crippen molar-refractivity contribution >= 4 is 5.69 Å². The molecular formula is C12H19N3O. The fourth-order valence-electron chi connectivity index (χ4n) is 1.83. The Morgan fingerprint density at radius 1 is 1.44 bits per heavy atom. The summed E-state index contributed by atoms with van der Waals surface area (Å²) in [7, 11) is 0. The summed E-state index contributed by atoms with van der Waals surface area (Å²) in [5, 5.41) is 0. The summed E-state index contributed by atoms with van der Waals surface area (Å²) < 4.78 is 5.32. The van der Waals surface area contributed by atoms with E-state index in [1.165, 1.54) is 0 Å². The van der Waals surface area contributed by atoms with Crippen molar-refractivity contribution in [3.05, 3.63) is 24.0 Å². The molecular weight excluding hydrogens is 202 g/mol. The summed E-state index contributed by atoms with van der Waals surface area (Å²) in [6.45, 7) is 5.57. The molecule has 0 amide bonds. The highest BCUT2D eigenvalue weighted by molar-refractivity contribution is 5.45. The SMILES string of the molecule is CC[C@@H](N)c1ccc(N2CCOCC2)cn1. The predicted octanol–water partition coefficient (Wildman–Crippen LogP) is 1.33. The van der Waals surface area contributed by atoms with Crippen molar-refractivity contribution in [1.29, 1.82) is 0 Å². The van der Waals surface area contributed by atoms with Crippen LogP contribution in [0.4, 0.5) is 5.69 Å². The minimum absolute atomic E-state index is 0.0544. The van der Waals surface area contributed by atoms with E-state index in [-0.39, 0.29) is 6.04 Å². The van der Waals surface area contributed by atoms with Crippen LogP contribution in [0.15, 0.2) is 18.3 Å². The Morgan fingerprint density at radius 2 is 2.19 bits per heavy atom. The Morgan fingerprint density at radius 3 is 2.75 bits per heavy atom. The summed E-state index contributed by atoms with van der Waals surface area (Å²) in [6, 6.07) is 4.18. The third-order valence-corrected chi connectivity index (χ3v) is 2.97. The van der Waals surface area contributed by atoms with Crippen molar-refractivity contribution in [1.82, 2.24) is 4.98 Å². The normalized spacial score (nSPS) is 18.5. The third-order valence-electron chi connectivity index (χ3n) is 2.97. The lowest BCUT2D eigenvalue weighted by molar-refractivity contribution is 0.122. The van der Waals surface area contributed by atoms with Crippen LogP contribution >= 0.6 is 0 Å². The third kappa shape index (κ3) is 2.51. The maximum atomic E-state index is 5.93. The van der Waals surface area contributed by atoms with E-state index in [1.807, 2.05) is 12.3 Å². The van der Waals surface area contributed by atoms with E-state index in [0.717, 1.165) is 44.1 Å². The second-order valence-electron chi connectivity index (χ2n) is 4.06. The highest BCUT2D eigenvalue weighted by Gasteiger charge is 2.12. The van der Waals surface area contributed by atoms with Crippen molar-refractivity contribution in [3.63, 3.8) is 0 Å². The van der Waals surface area contributed by atoms with E-state index in [1.54, 1.807) is 0 Å². The quantitative estimate of drug-likeness (QED) is 0.836. The lowest BCUT2D eigenvalue weighted by Gasteiger charge is -2.28. The fraction of sp³-hybridized carbons (Fsp3) is 0.583. The van der Waals surface area contributed by atoms with E-state index < -0.39 is 0 Å². The van der Waals surface area contributed by atoms with Crippen molar-refractivity contribution in [2.45, 2.75) is 19.4 Å². The molecule has 1 aromatic rings. The number of nitrogens with zero attached hydrogens (tertiary/aromatic N) is 2. The number of rotatable bonds is 3. The number of ether oxygens (including phenoxy) is 1. The van der Waals surface area contributed by atoms with E-state index >= 15 is 0 Å². The largest absolute Gasteiger partial charge is 0.378 e. The highest BCUT2D eigenvalue weighted by Crippen LogP contribution is 2.17. The molecule has 1 aromatic heterocycles. The number of aromatic nitrogens is 1. The van der Waals surface area contributed by atoms with Crippen LogP contribution in [0.3, 0.4) is 0 Å². The number of hydrogen-bond acceptors (Lipinski definition) is 4. The summed E-state index contributed by atoms with van der Waals surface area (Å²) in [5.74, 6) is 0. The predicted molar refractivity (Wildman–Crippen MR) is 64.5 cm³/mol. The van der Waals surface area contributed by atoms with E-state index in [9.17, 15) is 0 Å².